The summed E-state index contributed by atoms with van der Waals surface area (Å²) in [7, 11) is 0. The second kappa shape index (κ2) is 15.4. The second-order valence-corrected chi connectivity index (χ2v) is 14.0. The van der Waals surface area contributed by atoms with Crippen molar-refractivity contribution in [2.45, 2.75) is 101 Å². The third-order valence-electron chi connectivity index (χ3n) is 8.98. The van der Waals surface area contributed by atoms with Gasteiger partial charge in [-0.05, 0) is 69.9 Å². The fraction of sp³-hybridized carbons (Fsp3) is 0.450. The van der Waals surface area contributed by atoms with Gasteiger partial charge in [0.1, 0.15) is 5.78 Å². The number of carbonyl (C=O) groups is 2. The van der Waals surface area contributed by atoms with E-state index in [0.717, 1.165) is 29.6 Å². The smallest absolute Gasteiger partial charge is 0.162 e. The maximum atomic E-state index is 12.9. The Kier molecular flexibility index (Phi) is 12.9. The summed E-state index contributed by atoms with van der Waals surface area (Å²) >= 11 is 0. The largest absolute Gasteiger partial charge is 0.393 e. The Morgan fingerprint density at radius 1 is 0.721 bits per heavy atom. The monoisotopic (exact) mass is 582 g/mol. The van der Waals surface area contributed by atoms with Crippen LogP contribution in [0.4, 0.5) is 0 Å². The van der Waals surface area contributed by atoms with Crippen molar-refractivity contribution in [3.8, 4) is 0 Å². The molecule has 0 spiro atoms. The number of rotatable bonds is 11. The highest BCUT2D eigenvalue weighted by atomic mass is 16.3. The summed E-state index contributed by atoms with van der Waals surface area (Å²) < 4.78 is 0. The molecule has 1 N–H and O–H groups in total. The Labute approximate surface area is 261 Å². The van der Waals surface area contributed by atoms with Crippen LogP contribution in [-0.2, 0) is 9.59 Å². The van der Waals surface area contributed by atoms with Gasteiger partial charge >= 0.3 is 0 Å². The molecule has 0 amide bonds. The van der Waals surface area contributed by atoms with E-state index < -0.39 is 5.41 Å². The predicted molar refractivity (Wildman–Crippen MR) is 184 cm³/mol. The molecule has 0 bridgehead atoms. The van der Waals surface area contributed by atoms with E-state index in [2.05, 4.69) is 84.1 Å². The van der Waals surface area contributed by atoms with Crippen LogP contribution in [0, 0.1) is 16.2 Å². The lowest BCUT2D eigenvalue weighted by molar-refractivity contribution is -0.128. The van der Waals surface area contributed by atoms with Gasteiger partial charge in [0.05, 0.1) is 6.10 Å². The Morgan fingerprint density at radius 2 is 1.21 bits per heavy atom. The highest BCUT2D eigenvalue weighted by Gasteiger charge is 2.52. The zero-order valence-electron chi connectivity index (χ0n) is 28.3. The number of carbonyl (C=O) groups excluding carboxylic acids is 2. The van der Waals surface area contributed by atoms with Crippen LogP contribution >= 0.6 is 0 Å². The molecular weight excluding hydrogens is 528 g/mol. The van der Waals surface area contributed by atoms with Crippen molar-refractivity contribution < 1.29 is 14.7 Å². The summed E-state index contributed by atoms with van der Waals surface area (Å²) in [5, 5.41) is 10.1. The van der Waals surface area contributed by atoms with Crippen LogP contribution in [0.5, 0.6) is 0 Å². The van der Waals surface area contributed by atoms with Gasteiger partial charge in [-0.2, -0.15) is 0 Å². The molecule has 232 valence electrons. The zero-order chi connectivity index (χ0) is 32.4. The van der Waals surface area contributed by atoms with Gasteiger partial charge in [0.25, 0.3) is 0 Å². The van der Waals surface area contributed by atoms with E-state index in [1.165, 1.54) is 16.7 Å². The maximum absolute atomic E-state index is 12.9. The molecule has 1 unspecified atom stereocenters. The Balaban J connectivity index is 1.89. The van der Waals surface area contributed by atoms with E-state index in [9.17, 15) is 14.7 Å². The van der Waals surface area contributed by atoms with Crippen LogP contribution in [0.15, 0.2) is 119 Å². The van der Waals surface area contributed by atoms with Crippen molar-refractivity contribution in [3.63, 3.8) is 0 Å². The molecule has 2 aliphatic carbocycles. The molecule has 0 saturated heterocycles. The van der Waals surface area contributed by atoms with E-state index in [4.69, 9.17) is 0 Å². The molecule has 0 aromatic carbocycles. The van der Waals surface area contributed by atoms with Crippen molar-refractivity contribution in [3.05, 3.63) is 119 Å². The van der Waals surface area contributed by atoms with Crippen LogP contribution in [0.25, 0.3) is 0 Å². The van der Waals surface area contributed by atoms with Gasteiger partial charge in [-0.25, -0.2) is 0 Å². The van der Waals surface area contributed by atoms with Crippen molar-refractivity contribution in [1.82, 2.24) is 0 Å². The number of hydrogen-bond acceptors (Lipinski definition) is 3. The molecule has 0 aromatic rings. The summed E-state index contributed by atoms with van der Waals surface area (Å²) in [6.07, 6.45) is 30.5. The molecule has 0 aliphatic heterocycles. The van der Waals surface area contributed by atoms with Gasteiger partial charge in [0.2, 0.25) is 0 Å². The van der Waals surface area contributed by atoms with Gasteiger partial charge in [-0.3, -0.25) is 9.59 Å². The summed E-state index contributed by atoms with van der Waals surface area (Å²) in [4.78, 5) is 24.9. The molecule has 1 saturated carbocycles. The lowest BCUT2D eigenvalue weighted by Crippen LogP contribution is -2.36. The Bertz CT molecular complexity index is 1360. The van der Waals surface area contributed by atoms with Crippen molar-refractivity contribution in [2.75, 3.05) is 0 Å². The van der Waals surface area contributed by atoms with Crippen LogP contribution in [0.1, 0.15) is 94.9 Å². The minimum absolute atomic E-state index is 0.00746. The van der Waals surface area contributed by atoms with Crippen LogP contribution in [0.3, 0.4) is 0 Å². The number of allylic oxidation sites excluding steroid dienone is 19. The fourth-order valence-electron chi connectivity index (χ4n) is 5.93. The molecule has 0 heterocycles. The van der Waals surface area contributed by atoms with Crippen molar-refractivity contribution in [2.24, 2.45) is 16.2 Å². The minimum atomic E-state index is -0.631. The van der Waals surface area contributed by atoms with Gasteiger partial charge in [-0.15, -0.1) is 0 Å². The lowest BCUT2D eigenvalue weighted by atomic mass is 9.66. The SMILES string of the molecule is CC1=C(/C=C/C(C)=C/C=C/C(C)=C/C=C/C=C(C)/C=C\C=C(C)\C=C\C(=O)[C@@]2(C)CC(=O)CC2(C)C)C(C)(C)CC(O)C1. The van der Waals surface area contributed by atoms with Crippen molar-refractivity contribution in [1.29, 1.82) is 0 Å². The Hall–Kier alpha value is -3.30. The summed E-state index contributed by atoms with van der Waals surface area (Å²) in [5.41, 5.74) is 6.10. The van der Waals surface area contributed by atoms with Crippen LogP contribution in [-0.4, -0.2) is 22.8 Å². The number of ketones is 2. The van der Waals surface area contributed by atoms with Gasteiger partial charge in [0, 0.05) is 18.3 Å². The van der Waals surface area contributed by atoms with Gasteiger partial charge < -0.3 is 5.11 Å². The molecule has 2 rings (SSSR count). The summed E-state index contributed by atoms with van der Waals surface area (Å²) in [5.74, 6) is 0.195. The highest BCUT2D eigenvalue weighted by molar-refractivity contribution is 6.01. The standard InChI is InChI=1S/C40H54O3/c1-29(17-13-19-31(3)21-23-36-33(5)25-34(41)26-38(36,6)7)15-11-12-16-30(2)18-14-20-32(4)22-24-37(43)40(10)28-35(42)27-39(40,8)9/h11-24,34,41H,25-28H2,1-10H3/b12-11+,17-13+,18-14-,23-21+,24-22+,29-15+,30-16+,31-19+,32-20+/t34?,40-/m1/s1. The van der Waals surface area contributed by atoms with Gasteiger partial charge in [-0.1, -0.05) is 141 Å². The van der Waals surface area contributed by atoms with E-state index >= 15 is 0 Å². The van der Waals surface area contributed by atoms with Gasteiger partial charge in [0.15, 0.2) is 5.78 Å². The van der Waals surface area contributed by atoms with E-state index in [1.54, 1.807) is 6.08 Å². The topological polar surface area (TPSA) is 54.4 Å². The fourth-order valence-corrected chi connectivity index (χ4v) is 5.93. The van der Waals surface area contributed by atoms with Crippen LogP contribution < -0.4 is 0 Å². The molecule has 3 heteroatoms. The summed E-state index contributed by atoms with van der Waals surface area (Å²) in [6, 6.07) is 0. The molecule has 3 nitrogen and oxygen atoms in total. The molecule has 2 atom stereocenters. The molecule has 1 fully saturated rings. The van der Waals surface area contributed by atoms with Crippen LogP contribution in [0.2, 0.25) is 0 Å². The first-order valence-corrected chi connectivity index (χ1v) is 15.5. The first-order valence-electron chi connectivity index (χ1n) is 15.5. The van der Waals surface area contributed by atoms with Crippen molar-refractivity contribution >= 4 is 11.6 Å². The quantitative estimate of drug-likeness (QED) is 0.195. The molecule has 0 aromatic heterocycles. The predicted octanol–water partition coefficient (Wildman–Crippen LogP) is 10.0. The van der Waals surface area contributed by atoms with E-state index in [0.29, 0.717) is 12.8 Å². The maximum Gasteiger partial charge on any atom is 0.162 e. The summed E-state index contributed by atoms with van der Waals surface area (Å²) in [6.45, 7) is 20.7. The molecule has 43 heavy (non-hydrogen) atoms. The van der Waals surface area contributed by atoms with E-state index in [-0.39, 0.29) is 28.5 Å². The number of aliphatic hydroxyl groups is 1. The average Bonchev–Trinajstić information content (AvgIpc) is 3.10. The molecule has 2 aliphatic rings. The van der Waals surface area contributed by atoms with E-state index in [1.807, 2.05) is 64.2 Å². The lowest BCUT2D eigenvalue weighted by Gasteiger charge is -2.35. The third kappa shape index (κ3) is 10.7. The minimum Gasteiger partial charge on any atom is -0.393 e. The molecular formula is C40H54O3. The Morgan fingerprint density at radius 3 is 1.70 bits per heavy atom. The number of hydrogen-bond donors (Lipinski definition) is 1. The third-order valence-corrected chi connectivity index (χ3v) is 8.98. The first kappa shape index (κ1) is 35.9. The molecule has 0 radical (unpaired) electrons. The average molecular weight is 583 g/mol. The highest BCUT2D eigenvalue weighted by Crippen LogP contribution is 2.51. The second-order valence-electron chi connectivity index (χ2n) is 14.0. The number of aliphatic hydroxyl groups excluding tert-OH is 1. The zero-order valence-corrected chi connectivity index (χ0v) is 28.3. The first-order chi connectivity index (χ1) is 20.0. The number of Topliss-reactive ketones (excluding diaryl/α,β-unsaturated/α-hetero) is 1. The normalized spacial score (nSPS) is 26.0.